The van der Waals surface area contributed by atoms with Crippen molar-refractivity contribution in [3.8, 4) is 17.2 Å². The Hall–Kier alpha value is -3.88. The Bertz CT molecular complexity index is 1000. The van der Waals surface area contributed by atoms with Crippen molar-refractivity contribution in [2.45, 2.75) is 6.42 Å². The third-order valence-corrected chi connectivity index (χ3v) is 4.35. The van der Waals surface area contributed by atoms with Gasteiger partial charge in [-0.1, -0.05) is 12.1 Å². The molecule has 0 saturated heterocycles. The molecule has 3 rings (SSSR count). The first-order chi connectivity index (χ1) is 14.0. The summed E-state index contributed by atoms with van der Waals surface area (Å²) in [6.07, 6.45) is 4.13. The molecular weight excluding hydrogens is 376 g/mol. The summed E-state index contributed by atoms with van der Waals surface area (Å²) in [6, 6.07) is 12.1. The molecule has 150 valence electrons. The topological polar surface area (TPSA) is 109 Å². The van der Waals surface area contributed by atoms with E-state index in [0.29, 0.717) is 13.0 Å². The summed E-state index contributed by atoms with van der Waals surface area (Å²) in [4.78, 5) is 23.2. The Morgan fingerprint density at radius 1 is 1.17 bits per heavy atom. The molecule has 1 N–H and O–H groups in total. The van der Waals surface area contributed by atoms with Gasteiger partial charge in [0, 0.05) is 25.0 Å². The zero-order chi connectivity index (χ0) is 20.8. The quantitative estimate of drug-likeness (QED) is 0.463. The van der Waals surface area contributed by atoms with Gasteiger partial charge in [0.1, 0.15) is 5.56 Å². The number of carbonyl (C=O) groups is 1. The molecule has 0 saturated carbocycles. The SMILES string of the molecule is COc1cc(C(=O)NCCc2ccc(-n3cccn3)cc2)c([N+](=O)[O-])cc1OC. The van der Waals surface area contributed by atoms with Crippen molar-refractivity contribution in [3.63, 3.8) is 0 Å². The second-order valence-electron chi connectivity index (χ2n) is 6.10. The van der Waals surface area contributed by atoms with Crippen LogP contribution in [0.1, 0.15) is 15.9 Å². The molecule has 0 aliphatic rings. The fourth-order valence-electron chi connectivity index (χ4n) is 2.85. The molecule has 1 aromatic heterocycles. The number of amides is 1. The summed E-state index contributed by atoms with van der Waals surface area (Å²) in [5, 5.41) is 18.2. The molecule has 0 aliphatic heterocycles. The second kappa shape index (κ2) is 8.87. The molecule has 0 bridgehead atoms. The monoisotopic (exact) mass is 396 g/mol. The fraction of sp³-hybridized carbons (Fsp3) is 0.200. The standard InChI is InChI=1S/C20H20N4O5/c1-28-18-12-16(17(24(26)27)13-19(18)29-2)20(25)21-10-8-14-4-6-15(7-5-14)23-11-3-9-22-23/h3-7,9,11-13H,8,10H2,1-2H3,(H,21,25). The number of nitrogens with one attached hydrogen (secondary N) is 1. The van der Waals surface area contributed by atoms with Crippen LogP contribution >= 0.6 is 0 Å². The number of ether oxygens (including phenoxy) is 2. The first-order valence-corrected chi connectivity index (χ1v) is 8.81. The zero-order valence-corrected chi connectivity index (χ0v) is 16.0. The first kappa shape index (κ1) is 19.9. The zero-order valence-electron chi connectivity index (χ0n) is 16.0. The predicted octanol–water partition coefficient (Wildman–Crippen LogP) is 2.77. The molecule has 0 spiro atoms. The van der Waals surface area contributed by atoms with E-state index in [1.54, 1.807) is 10.9 Å². The van der Waals surface area contributed by atoms with Gasteiger partial charge in [0.25, 0.3) is 11.6 Å². The maximum absolute atomic E-state index is 12.5. The summed E-state index contributed by atoms with van der Waals surface area (Å²) >= 11 is 0. The first-order valence-electron chi connectivity index (χ1n) is 8.81. The van der Waals surface area contributed by atoms with E-state index in [0.717, 1.165) is 11.3 Å². The molecule has 2 aromatic carbocycles. The summed E-state index contributed by atoms with van der Waals surface area (Å²) < 4.78 is 12.0. The molecule has 1 heterocycles. The van der Waals surface area contributed by atoms with Crippen LogP contribution < -0.4 is 14.8 Å². The van der Waals surface area contributed by atoms with Gasteiger partial charge in [0.2, 0.25) is 0 Å². The minimum Gasteiger partial charge on any atom is -0.493 e. The van der Waals surface area contributed by atoms with Crippen LogP contribution in [0.5, 0.6) is 11.5 Å². The van der Waals surface area contributed by atoms with Crippen molar-refractivity contribution in [3.05, 3.63) is 76.1 Å². The number of hydrogen-bond acceptors (Lipinski definition) is 6. The molecule has 29 heavy (non-hydrogen) atoms. The number of rotatable bonds is 8. The minimum absolute atomic E-state index is 0.0818. The summed E-state index contributed by atoms with van der Waals surface area (Å²) in [5.74, 6) is -0.115. The van der Waals surface area contributed by atoms with Crippen molar-refractivity contribution in [1.29, 1.82) is 0 Å². The van der Waals surface area contributed by atoms with Gasteiger partial charge < -0.3 is 14.8 Å². The summed E-state index contributed by atoms with van der Waals surface area (Å²) in [6.45, 7) is 0.325. The predicted molar refractivity (Wildman–Crippen MR) is 106 cm³/mol. The molecule has 9 heteroatoms. The van der Waals surface area contributed by atoms with Gasteiger partial charge in [0.15, 0.2) is 11.5 Å². The van der Waals surface area contributed by atoms with Crippen molar-refractivity contribution in [2.24, 2.45) is 0 Å². The van der Waals surface area contributed by atoms with E-state index in [1.807, 2.05) is 36.5 Å². The third-order valence-electron chi connectivity index (χ3n) is 4.35. The summed E-state index contributed by atoms with van der Waals surface area (Å²) in [7, 11) is 2.78. The van der Waals surface area contributed by atoms with Crippen molar-refractivity contribution in [2.75, 3.05) is 20.8 Å². The Kier molecular flexibility index (Phi) is 6.08. The van der Waals surface area contributed by atoms with Crippen molar-refractivity contribution < 1.29 is 19.2 Å². The molecule has 0 unspecified atom stereocenters. The van der Waals surface area contributed by atoms with Crippen LogP contribution in [0, 0.1) is 10.1 Å². The smallest absolute Gasteiger partial charge is 0.286 e. The van der Waals surface area contributed by atoms with Gasteiger partial charge in [0.05, 0.1) is 30.9 Å². The highest BCUT2D eigenvalue weighted by Gasteiger charge is 2.24. The maximum Gasteiger partial charge on any atom is 0.286 e. The average molecular weight is 396 g/mol. The van der Waals surface area contributed by atoms with Crippen LogP contribution in [0.25, 0.3) is 5.69 Å². The van der Waals surface area contributed by atoms with Crippen molar-refractivity contribution in [1.82, 2.24) is 15.1 Å². The second-order valence-corrected chi connectivity index (χ2v) is 6.10. The number of nitro groups is 1. The van der Waals surface area contributed by atoms with Crippen LogP contribution in [0.4, 0.5) is 5.69 Å². The minimum atomic E-state index is -0.620. The molecule has 0 atom stereocenters. The van der Waals surface area contributed by atoms with Crippen LogP contribution in [0.2, 0.25) is 0 Å². The van der Waals surface area contributed by atoms with Crippen LogP contribution in [-0.2, 0) is 6.42 Å². The number of hydrogen-bond donors (Lipinski definition) is 1. The van der Waals surface area contributed by atoms with Crippen LogP contribution in [-0.4, -0.2) is 41.4 Å². The Labute approximate surface area is 167 Å². The number of methoxy groups -OCH3 is 2. The lowest BCUT2D eigenvalue weighted by molar-refractivity contribution is -0.385. The van der Waals surface area contributed by atoms with Gasteiger partial charge in [-0.05, 0) is 30.2 Å². The largest absolute Gasteiger partial charge is 0.493 e. The van der Waals surface area contributed by atoms with Crippen LogP contribution in [0.15, 0.2) is 54.9 Å². The molecule has 1 amide bonds. The molecule has 9 nitrogen and oxygen atoms in total. The average Bonchev–Trinajstić information content (AvgIpc) is 3.28. The molecular formula is C20H20N4O5. The number of nitrogens with zero attached hydrogens (tertiary/aromatic N) is 3. The number of nitro benzene ring substituents is 1. The van der Waals surface area contributed by atoms with Crippen LogP contribution in [0.3, 0.4) is 0 Å². The number of carbonyl (C=O) groups excluding carboxylic acids is 1. The van der Waals surface area contributed by atoms with E-state index in [1.165, 1.54) is 26.4 Å². The lowest BCUT2D eigenvalue weighted by Crippen LogP contribution is -2.26. The normalized spacial score (nSPS) is 10.4. The highest BCUT2D eigenvalue weighted by atomic mass is 16.6. The van der Waals surface area contributed by atoms with Crippen molar-refractivity contribution >= 4 is 11.6 Å². The van der Waals surface area contributed by atoms with Gasteiger partial charge in [-0.2, -0.15) is 5.10 Å². The van der Waals surface area contributed by atoms with E-state index in [-0.39, 0.29) is 22.7 Å². The summed E-state index contributed by atoms with van der Waals surface area (Å²) in [5.41, 5.74) is 1.53. The van der Waals surface area contributed by atoms with Gasteiger partial charge in [-0.25, -0.2) is 4.68 Å². The van der Waals surface area contributed by atoms with Gasteiger partial charge >= 0.3 is 0 Å². The highest BCUT2D eigenvalue weighted by Crippen LogP contribution is 2.34. The van der Waals surface area contributed by atoms with E-state index in [2.05, 4.69) is 10.4 Å². The van der Waals surface area contributed by atoms with Gasteiger partial charge in [-0.15, -0.1) is 0 Å². The molecule has 0 fully saturated rings. The molecule has 0 aliphatic carbocycles. The lowest BCUT2D eigenvalue weighted by atomic mass is 10.1. The number of aromatic nitrogens is 2. The third kappa shape index (κ3) is 4.52. The fourth-order valence-corrected chi connectivity index (χ4v) is 2.85. The highest BCUT2D eigenvalue weighted by molar-refractivity contribution is 5.99. The van der Waals surface area contributed by atoms with E-state index in [9.17, 15) is 14.9 Å². The Morgan fingerprint density at radius 2 is 1.86 bits per heavy atom. The Morgan fingerprint density at radius 3 is 2.45 bits per heavy atom. The molecule has 0 radical (unpaired) electrons. The number of benzene rings is 2. The van der Waals surface area contributed by atoms with E-state index in [4.69, 9.17) is 9.47 Å². The van der Waals surface area contributed by atoms with Gasteiger partial charge in [-0.3, -0.25) is 14.9 Å². The Balaban J connectivity index is 1.67. The van der Waals surface area contributed by atoms with E-state index >= 15 is 0 Å². The van der Waals surface area contributed by atoms with E-state index < -0.39 is 10.8 Å². The lowest BCUT2D eigenvalue weighted by Gasteiger charge is -2.11. The maximum atomic E-state index is 12.5. The molecule has 3 aromatic rings.